The van der Waals surface area contributed by atoms with E-state index in [-0.39, 0.29) is 17.7 Å². The molecule has 0 N–H and O–H groups in total. The van der Waals surface area contributed by atoms with Crippen LogP contribution in [-0.2, 0) is 16.1 Å². The fraction of sp³-hybridized carbons (Fsp3) is 0.175. The van der Waals surface area contributed by atoms with Crippen molar-refractivity contribution in [2.45, 2.75) is 19.5 Å². The summed E-state index contributed by atoms with van der Waals surface area (Å²) in [6, 6.07) is 31.8. The molecule has 3 heterocycles. The van der Waals surface area contributed by atoms with E-state index in [0.29, 0.717) is 45.2 Å². The quantitative estimate of drug-likeness (QED) is 0.156. The second-order valence-corrected chi connectivity index (χ2v) is 12.5. The van der Waals surface area contributed by atoms with E-state index in [4.69, 9.17) is 23.9 Å². The predicted octanol–water partition coefficient (Wildman–Crippen LogP) is 5.99. The third-order valence-corrected chi connectivity index (χ3v) is 9.53. The van der Waals surface area contributed by atoms with Crippen LogP contribution < -0.4 is 29.1 Å². The third-order valence-electron chi connectivity index (χ3n) is 8.55. The highest BCUT2D eigenvalue weighted by molar-refractivity contribution is 7.07. The number of methoxy groups -OCH3 is 2. The lowest BCUT2D eigenvalue weighted by atomic mass is 9.92. The van der Waals surface area contributed by atoms with Gasteiger partial charge in [0.15, 0.2) is 16.3 Å². The van der Waals surface area contributed by atoms with Gasteiger partial charge in [0.2, 0.25) is 0 Å². The average Bonchev–Trinajstić information content (AvgIpc) is 3.67. The lowest BCUT2D eigenvalue weighted by Crippen LogP contribution is -2.40. The smallest absolute Gasteiger partial charge is 0.338 e. The van der Waals surface area contributed by atoms with Gasteiger partial charge in [-0.15, -0.1) is 0 Å². The van der Waals surface area contributed by atoms with Crippen LogP contribution in [0.5, 0.6) is 17.2 Å². The van der Waals surface area contributed by atoms with E-state index >= 15 is 0 Å². The number of para-hydroxylation sites is 3. The van der Waals surface area contributed by atoms with Crippen LogP contribution in [0.25, 0.3) is 22.7 Å². The Morgan fingerprint density at radius 3 is 2.38 bits per heavy atom. The second-order valence-electron chi connectivity index (χ2n) is 11.5. The Labute approximate surface area is 292 Å². The van der Waals surface area contributed by atoms with Gasteiger partial charge in [-0.25, -0.2) is 9.79 Å². The van der Waals surface area contributed by atoms with Gasteiger partial charge >= 0.3 is 5.97 Å². The van der Waals surface area contributed by atoms with Crippen molar-refractivity contribution < 1.29 is 23.7 Å². The van der Waals surface area contributed by atoms with Crippen LogP contribution >= 0.6 is 11.3 Å². The summed E-state index contributed by atoms with van der Waals surface area (Å²) in [5.74, 6) is 1.12. The minimum absolute atomic E-state index is 0.150. The molecule has 0 amide bonds. The summed E-state index contributed by atoms with van der Waals surface area (Å²) in [7, 11) is 3.09. The van der Waals surface area contributed by atoms with Gasteiger partial charge in [-0.05, 0) is 37.3 Å². The van der Waals surface area contributed by atoms with E-state index in [1.165, 1.54) is 18.4 Å². The van der Waals surface area contributed by atoms with Gasteiger partial charge in [0.05, 0.1) is 43.2 Å². The van der Waals surface area contributed by atoms with Crippen LogP contribution in [0.2, 0.25) is 0 Å². The molecule has 0 bridgehead atoms. The highest BCUT2D eigenvalue weighted by atomic mass is 32.1. The van der Waals surface area contributed by atoms with E-state index in [0.717, 1.165) is 27.8 Å². The Balaban J connectivity index is 1.42. The standard InChI is InChI=1S/C40H35N3O6S/c1-4-48-39(45)34-35(26-14-7-5-8-15-26)41-40-43(36(34)30-19-13-21-32(46-2)37(30)47-3)38(44)33(50-40)24-27-25-42(31-20-12-11-18-29(27)31)22-23-49-28-16-9-6-10-17-28/h5-21,24-25,36H,4,22-23H2,1-3H3/b33-24-. The first-order chi connectivity index (χ1) is 24.5. The Kier molecular flexibility index (Phi) is 9.35. The first-order valence-electron chi connectivity index (χ1n) is 16.3. The summed E-state index contributed by atoms with van der Waals surface area (Å²) in [4.78, 5) is 34.0. The van der Waals surface area contributed by atoms with E-state index in [9.17, 15) is 9.59 Å². The number of nitrogens with zero attached hydrogens (tertiary/aromatic N) is 3. The molecule has 2 aromatic heterocycles. The predicted molar refractivity (Wildman–Crippen MR) is 194 cm³/mol. The minimum atomic E-state index is -0.913. The van der Waals surface area contributed by atoms with Gasteiger partial charge in [0.25, 0.3) is 5.56 Å². The molecule has 0 fully saturated rings. The third kappa shape index (κ3) is 6.10. The SMILES string of the molecule is CCOC(=O)C1=C(c2ccccc2)N=c2s/c(=C\c3cn(CCOc4ccccc4)c4ccccc34)c(=O)n2C1c1cccc(OC)c1OC. The van der Waals surface area contributed by atoms with Crippen molar-refractivity contribution in [3.8, 4) is 17.2 Å². The molecule has 0 saturated heterocycles. The number of carbonyl (C=O) groups is 1. The molecule has 1 aliphatic rings. The maximum absolute atomic E-state index is 14.6. The van der Waals surface area contributed by atoms with Crippen LogP contribution in [0.3, 0.4) is 0 Å². The van der Waals surface area contributed by atoms with Gasteiger partial charge in [-0.3, -0.25) is 9.36 Å². The van der Waals surface area contributed by atoms with Crippen LogP contribution in [0, 0.1) is 0 Å². The lowest BCUT2D eigenvalue weighted by Gasteiger charge is -2.27. The van der Waals surface area contributed by atoms with Crippen LogP contribution in [0.1, 0.15) is 29.7 Å². The zero-order valence-electron chi connectivity index (χ0n) is 27.9. The summed E-state index contributed by atoms with van der Waals surface area (Å²) < 4.78 is 27.3. The molecule has 252 valence electrons. The molecule has 1 aliphatic heterocycles. The fourth-order valence-corrected chi connectivity index (χ4v) is 7.35. The number of carbonyl (C=O) groups excluding carboxylic acids is 1. The topological polar surface area (TPSA) is 93.3 Å². The number of ether oxygens (including phenoxy) is 4. The van der Waals surface area contributed by atoms with Crippen molar-refractivity contribution in [2.75, 3.05) is 27.4 Å². The first kappa shape index (κ1) is 32.7. The summed E-state index contributed by atoms with van der Waals surface area (Å²) in [5, 5.41) is 1.00. The van der Waals surface area contributed by atoms with Crippen molar-refractivity contribution in [3.05, 3.63) is 151 Å². The molecule has 10 heteroatoms. The normalized spacial score (nSPS) is 14.3. The number of fused-ring (bicyclic) bond motifs is 2. The molecule has 0 saturated carbocycles. The number of rotatable bonds is 11. The van der Waals surface area contributed by atoms with Crippen molar-refractivity contribution in [3.63, 3.8) is 0 Å². The number of esters is 1. The highest BCUT2D eigenvalue weighted by Gasteiger charge is 2.37. The Morgan fingerprint density at radius 1 is 0.900 bits per heavy atom. The van der Waals surface area contributed by atoms with E-state index < -0.39 is 12.0 Å². The Bertz CT molecular complexity index is 2390. The van der Waals surface area contributed by atoms with Crippen LogP contribution in [0.15, 0.2) is 125 Å². The molecular formula is C40H35N3O6S. The molecule has 0 aliphatic carbocycles. The van der Waals surface area contributed by atoms with Crippen molar-refractivity contribution in [2.24, 2.45) is 4.99 Å². The average molecular weight is 686 g/mol. The number of hydrogen-bond donors (Lipinski definition) is 0. The number of thiazole rings is 1. The number of benzene rings is 4. The summed E-state index contributed by atoms with van der Waals surface area (Å²) in [5.41, 5.74) is 3.58. The second kappa shape index (κ2) is 14.3. The molecule has 0 radical (unpaired) electrons. The van der Waals surface area contributed by atoms with E-state index in [1.54, 1.807) is 24.7 Å². The monoisotopic (exact) mass is 685 g/mol. The molecule has 1 unspecified atom stereocenters. The Morgan fingerprint density at radius 2 is 1.64 bits per heavy atom. The molecular weight excluding hydrogens is 651 g/mol. The van der Waals surface area contributed by atoms with Crippen molar-refractivity contribution >= 4 is 40.0 Å². The van der Waals surface area contributed by atoms with E-state index in [2.05, 4.69) is 10.6 Å². The first-order valence-corrected chi connectivity index (χ1v) is 17.1. The molecule has 1 atom stereocenters. The summed E-state index contributed by atoms with van der Waals surface area (Å²) >= 11 is 1.27. The van der Waals surface area contributed by atoms with Gasteiger partial charge < -0.3 is 23.5 Å². The maximum atomic E-state index is 14.6. The molecule has 9 nitrogen and oxygen atoms in total. The van der Waals surface area contributed by atoms with Crippen LogP contribution in [-0.4, -0.2) is 42.5 Å². The van der Waals surface area contributed by atoms with Crippen molar-refractivity contribution in [1.29, 1.82) is 0 Å². The highest BCUT2D eigenvalue weighted by Crippen LogP contribution is 2.42. The van der Waals surface area contributed by atoms with Gasteiger partial charge in [-0.1, -0.05) is 90.2 Å². The zero-order chi connectivity index (χ0) is 34.6. The molecule has 0 spiro atoms. The lowest BCUT2D eigenvalue weighted by molar-refractivity contribution is -0.138. The molecule has 50 heavy (non-hydrogen) atoms. The number of aromatic nitrogens is 2. The van der Waals surface area contributed by atoms with Gasteiger partial charge in [0.1, 0.15) is 18.4 Å². The van der Waals surface area contributed by atoms with Gasteiger partial charge in [0, 0.05) is 33.8 Å². The maximum Gasteiger partial charge on any atom is 0.338 e. The van der Waals surface area contributed by atoms with E-state index in [1.807, 2.05) is 103 Å². The molecule has 6 aromatic rings. The minimum Gasteiger partial charge on any atom is -0.493 e. The summed E-state index contributed by atoms with van der Waals surface area (Å²) in [6.45, 7) is 2.99. The summed E-state index contributed by atoms with van der Waals surface area (Å²) in [6.07, 6.45) is 3.94. The largest absolute Gasteiger partial charge is 0.493 e. The zero-order valence-corrected chi connectivity index (χ0v) is 28.7. The Hall–Kier alpha value is -5.87. The van der Waals surface area contributed by atoms with Gasteiger partial charge in [-0.2, -0.15) is 0 Å². The van der Waals surface area contributed by atoms with Crippen molar-refractivity contribution in [1.82, 2.24) is 9.13 Å². The van der Waals surface area contributed by atoms with Crippen LogP contribution in [0.4, 0.5) is 0 Å². The fourth-order valence-electron chi connectivity index (χ4n) is 6.36. The molecule has 4 aromatic carbocycles. The number of hydrogen-bond acceptors (Lipinski definition) is 8. The molecule has 7 rings (SSSR count).